The van der Waals surface area contributed by atoms with Crippen molar-refractivity contribution in [1.29, 1.82) is 0 Å². The molecule has 146 valence electrons. The zero-order chi connectivity index (χ0) is 19.5. The lowest BCUT2D eigenvalue weighted by Crippen LogP contribution is -2.42. The number of esters is 1. The standard InChI is InChI=1S/C21H29N3O3/c1-3-5-13-24(21(26)22-15-20(25)27-4-2)17-19-12-9-14-23(19)16-18-10-7-6-8-11-18/h6-12,14H,3-5,13,15-17H2,1-2H3,(H,22,26). The van der Waals surface area contributed by atoms with Crippen molar-refractivity contribution in [3.05, 3.63) is 59.9 Å². The van der Waals surface area contributed by atoms with Gasteiger partial charge >= 0.3 is 12.0 Å². The molecule has 0 aliphatic carbocycles. The predicted molar refractivity (Wildman–Crippen MR) is 105 cm³/mol. The lowest BCUT2D eigenvalue weighted by atomic mass is 10.2. The van der Waals surface area contributed by atoms with Crippen LogP contribution in [0.15, 0.2) is 48.7 Å². The van der Waals surface area contributed by atoms with Gasteiger partial charge in [-0.1, -0.05) is 43.7 Å². The van der Waals surface area contributed by atoms with Crippen molar-refractivity contribution in [2.75, 3.05) is 19.7 Å². The number of unbranched alkanes of at least 4 members (excludes halogenated alkanes) is 1. The monoisotopic (exact) mass is 371 g/mol. The number of carbonyl (C=O) groups excluding carboxylic acids is 2. The van der Waals surface area contributed by atoms with E-state index in [-0.39, 0.29) is 12.6 Å². The second kappa shape index (κ2) is 11.1. The van der Waals surface area contributed by atoms with Gasteiger partial charge in [-0.15, -0.1) is 0 Å². The number of benzene rings is 1. The Morgan fingerprint density at radius 3 is 2.59 bits per heavy atom. The van der Waals surface area contributed by atoms with E-state index in [0.717, 1.165) is 25.1 Å². The molecule has 1 aromatic heterocycles. The van der Waals surface area contributed by atoms with Gasteiger partial charge in [0.25, 0.3) is 0 Å². The highest BCUT2D eigenvalue weighted by atomic mass is 16.5. The molecule has 0 radical (unpaired) electrons. The summed E-state index contributed by atoms with van der Waals surface area (Å²) in [5, 5.41) is 2.66. The number of hydrogen-bond donors (Lipinski definition) is 1. The molecular formula is C21H29N3O3. The molecule has 0 atom stereocenters. The van der Waals surface area contributed by atoms with E-state index in [1.807, 2.05) is 36.5 Å². The SMILES string of the molecule is CCCCN(Cc1cccn1Cc1ccccc1)C(=O)NCC(=O)OCC. The van der Waals surface area contributed by atoms with Gasteiger partial charge in [-0.3, -0.25) is 4.79 Å². The lowest BCUT2D eigenvalue weighted by Gasteiger charge is -2.23. The van der Waals surface area contributed by atoms with Crippen molar-refractivity contribution >= 4 is 12.0 Å². The molecule has 1 N–H and O–H groups in total. The van der Waals surface area contributed by atoms with E-state index in [2.05, 4.69) is 28.9 Å². The van der Waals surface area contributed by atoms with Gasteiger partial charge in [-0.2, -0.15) is 0 Å². The second-order valence-electron chi connectivity index (χ2n) is 6.35. The van der Waals surface area contributed by atoms with Gasteiger partial charge in [-0.05, 0) is 31.0 Å². The molecule has 0 unspecified atom stereocenters. The molecule has 0 saturated heterocycles. The van der Waals surface area contributed by atoms with Gasteiger partial charge in [-0.25, -0.2) is 4.79 Å². The first-order valence-electron chi connectivity index (χ1n) is 9.50. The van der Waals surface area contributed by atoms with E-state index >= 15 is 0 Å². The van der Waals surface area contributed by atoms with Crippen LogP contribution in [0.1, 0.15) is 37.9 Å². The van der Waals surface area contributed by atoms with Crippen LogP contribution < -0.4 is 5.32 Å². The molecule has 1 heterocycles. The Morgan fingerprint density at radius 2 is 1.89 bits per heavy atom. The summed E-state index contributed by atoms with van der Waals surface area (Å²) in [6, 6.07) is 14.0. The Labute approximate surface area is 161 Å². The molecule has 1 aromatic carbocycles. The van der Waals surface area contributed by atoms with Crippen LogP contribution in [0, 0.1) is 0 Å². The smallest absolute Gasteiger partial charge is 0.325 e. The number of urea groups is 1. The average Bonchev–Trinajstić information content (AvgIpc) is 3.11. The van der Waals surface area contributed by atoms with Crippen LogP contribution in [-0.2, 0) is 22.6 Å². The highest BCUT2D eigenvalue weighted by Crippen LogP contribution is 2.11. The Kier molecular flexibility index (Phi) is 8.42. The van der Waals surface area contributed by atoms with Crippen molar-refractivity contribution < 1.29 is 14.3 Å². The zero-order valence-electron chi connectivity index (χ0n) is 16.2. The van der Waals surface area contributed by atoms with Crippen molar-refractivity contribution in [2.24, 2.45) is 0 Å². The van der Waals surface area contributed by atoms with Gasteiger partial charge in [0.1, 0.15) is 6.54 Å². The third-order valence-corrected chi connectivity index (χ3v) is 4.23. The second-order valence-corrected chi connectivity index (χ2v) is 6.35. The largest absolute Gasteiger partial charge is 0.465 e. The lowest BCUT2D eigenvalue weighted by molar-refractivity contribution is -0.141. The van der Waals surface area contributed by atoms with Crippen LogP contribution in [0.25, 0.3) is 0 Å². The molecule has 0 saturated carbocycles. The van der Waals surface area contributed by atoms with Crippen LogP contribution in [0.5, 0.6) is 0 Å². The Hall–Kier alpha value is -2.76. The third-order valence-electron chi connectivity index (χ3n) is 4.23. The van der Waals surface area contributed by atoms with Crippen LogP contribution >= 0.6 is 0 Å². The topological polar surface area (TPSA) is 63.6 Å². The van der Waals surface area contributed by atoms with Crippen LogP contribution in [-0.4, -0.2) is 41.2 Å². The minimum atomic E-state index is -0.422. The number of hydrogen-bond acceptors (Lipinski definition) is 3. The molecule has 0 fully saturated rings. The van der Waals surface area contributed by atoms with Crippen molar-refractivity contribution in [3.63, 3.8) is 0 Å². The van der Waals surface area contributed by atoms with E-state index < -0.39 is 5.97 Å². The van der Waals surface area contributed by atoms with E-state index in [4.69, 9.17) is 4.74 Å². The molecule has 0 aliphatic heterocycles. The number of amides is 2. The molecular weight excluding hydrogens is 342 g/mol. The molecule has 6 heteroatoms. The normalized spacial score (nSPS) is 10.4. The minimum Gasteiger partial charge on any atom is -0.465 e. The predicted octanol–water partition coefficient (Wildman–Crippen LogP) is 3.41. The first kappa shape index (κ1) is 20.6. The Morgan fingerprint density at radius 1 is 1.11 bits per heavy atom. The summed E-state index contributed by atoms with van der Waals surface area (Å²) in [5.74, 6) is -0.422. The first-order chi connectivity index (χ1) is 13.1. The van der Waals surface area contributed by atoms with Crippen LogP contribution in [0.3, 0.4) is 0 Å². The summed E-state index contributed by atoms with van der Waals surface area (Å²) in [7, 11) is 0. The molecule has 2 rings (SSSR count). The number of rotatable bonds is 10. The summed E-state index contributed by atoms with van der Waals surface area (Å²) in [6.07, 6.45) is 3.93. The molecule has 0 bridgehead atoms. The van der Waals surface area contributed by atoms with Crippen LogP contribution in [0.2, 0.25) is 0 Å². The maximum Gasteiger partial charge on any atom is 0.325 e. The molecule has 27 heavy (non-hydrogen) atoms. The zero-order valence-corrected chi connectivity index (χ0v) is 16.2. The van der Waals surface area contributed by atoms with Gasteiger partial charge in [0.05, 0.1) is 13.2 Å². The Balaban J connectivity index is 2.02. The molecule has 0 aliphatic rings. The highest BCUT2D eigenvalue weighted by molar-refractivity contribution is 5.80. The first-order valence-corrected chi connectivity index (χ1v) is 9.50. The molecule has 0 spiro atoms. The Bertz CT molecular complexity index is 712. The van der Waals surface area contributed by atoms with Crippen molar-refractivity contribution in [1.82, 2.24) is 14.8 Å². The number of ether oxygens (including phenoxy) is 1. The number of carbonyl (C=O) groups is 2. The van der Waals surface area contributed by atoms with Crippen LogP contribution in [0.4, 0.5) is 4.79 Å². The molecule has 6 nitrogen and oxygen atoms in total. The minimum absolute atomic E-state index is 0.111. The average molecular weight is 371 g/mol. The maximum absolute atomic E-state index is 12.6. The molecule has 2 amide bonds. The fourth-order valence-electron chi connectivity index (χ4n) is 2.80. The summed E-state index contributed by atoms with van der Waals surface area (Å²) in [4.78, 5) is 25.8. The summed E-state index contributed by atoms with van der Waals surface area (Å²) in [6.45, 7) is 5.92. The molecule has 2 aromatic rings. The third kappa shape index (κ3) is 6.81. The maximum atomic E-state index is 12.6. The number of nitrogens with one attached hydrogen (secondary N) is 1. The fourth-order valence-corrected chi connectivity index (χ4v) is 2.80. The quantitative estimate of drug-likeness (QED) is 0.651. The van der Waals surface area contributed by atoms with E-state index in [0.29, 0.717) is 19.7 Å². The highest BCUT2D eigenvalue weighted by Gasteiger charge is 2.16. The summed E-state index contributed by atoms with van der Waals surface area (Å²) < 4.78 is 7.01. The van der Waals surface area contributed by atoms with Gasteiger partial charge in [0, 0.05) is 25.0 Å². The number of aromatic nitrogens is 1. The van der Waals surface area contributed by atoms with Crippen molar-refractivity contribution in [2.45, 2.75) is 39.8 Å². The van der Waals surface area contributed by atoms with Crippen molar-refractivity contribution in [3.8, 4) is 0 Å². The fraction of sp³-hybridized carbons (Fsp3) is 0.429. The summed E-state index contributed by atoms with van der Waals surface area (Å²) >= 11 is 0. The van der Waals surface area contributed by atoms with Gasteiger partial charge in [0.15, 0.2) is 0 Å². The van der Waals surface area contributed by atoms with Gasteiger partial charge in [0.2, 0.25) is 0 Å². The van der Waals surface area contributed by atoms with E-state index in [9.17, 15) is 9.59 Å². The number of nitrogens with zero attached hydrogens (tertiary/aromatic N) is 2. The van der Waals surface area contributed by atoms with Gasteiger partial charge < -0.3 is 19.5 Å². The van der Waals surface area contributed by atoms with E-state index in [1.165, 1.54) is 5.56 Å². The van der Waals surface area contributed by atoms with E-state index in [1.54, 1.807) is 11.8 Å². The summed E-state index contributed by atoms with van der Waals surface area (Å²) in [5.41, 5.74) is 2.27.